The van der Waals surface area contributed by atoms with Gasteiger partial charge in [-0.1, -0.05) is 12.1 Å². The van der Waals surface area contributed by atoms with Crippen LogP contribution >= 0.6 is 0 Å². The molecule has 0 aromatic heterocycles. The summed E-state index contributed by atoms with van der Waals surface area (Å²) in [5.74, 6) is -0.00570. The van der Waals surface area contributed by atoms with E-state index < -0.39 is 12.0 Å². The van der Waals surface area contributed by atoms with Gasteiger partial charge in [-0.25, -0.2) is 0 Å². The van der Waals surface area contributed by atoms with Crippen LogP contribution in [-0.4, -0.2) is 32.3 Å². The van der Waals surface area contributed by atoms with Gasteiger partial charge in [0.05, 0.1) is 11.5 Å². The van der Waals surface area contributed by atoms with Gasteiger partial charge in [-0.15, -0.1) is 0 Å². The van der Waals surface area contributed by atoms with Crippen molar-refractivity contribution in [2.75, 3.05) is 19.8 Å². The maximum atomic E-state index is 12.6. The number of carbonyl (C=O) groups excluding carboxylic acids is 1. The van der Waals surface area contributed by atoms with E-state index >= 15 is 0 Å². The molecular formula is C16H22F2N2O3. The fourth-order valence-electron chi connectivity index (χ4n) is 2.66. The fraction of sp³-hybridized carbons (Fsp3) is 0.562. The van der Waals surface area contributed by atoms with Gasteiger partial charge < -0.3 is 20.5 Å². The van der Waals surface area contributed by atoms with E-state index in [9.17, 15) is 13.6 Å². The van der Waals surface area contributed by atoms with Crippen molar-refractivity contribution in [1.29, 1.82) is 0 Å². The lowest BCUT2D eigenvalue weighted by atomic mass is 9.79. The van der Waals surface area contributed by atoms with Crippen LogP contribution in [0.3, 0.4) is 0 Å². The van der Waals surface area contributed by atoms with Gasteiger partial charge in [0.1, 0.15) is 5.75 Å². The number of rotatable bonds is 6. The zero-order valence-corrected chi connectivity index (χ0v) is 13.1. The Morgan fingerprint density at radius 3 is 2.48 bits per heavy atom. The average molecular weight is 328 g/mol. The lowest BCUT2D eigenvalue weighted by Crippen LogP contribution is -2.49. The Balaban J connectivity index is 2.00. The summed E-state index contributed by atoms with van der Waals surface area (Å²) in [6, 6.07) is 5.97. The summed E-state index contributed by atoms with van der Waals surface area (Å²) in [4.78, 5) is 12.6. The standard InChI is InChI=1S/C16H22F2N2O3/c1-11(12-2-4-13(5-3-12)23-15(17)18)20-14(21)16(10-19)6-8-22-9-7-16/h2-5,11,15H,6-10,19H2,1H3,(H,20,21). The van der Waals surface area contributed by atoms with Gasteiger partial charge in [-0.05, 0) is 37.5 Å². The van der Waals surface area contributed by atoms with Crippen molar-refractivity contribution in [3.63, 3.8) is 0 Å². The maximum Gasteiger partial charge on any atom is 0.387 e. The van der Waals surface area contributed by atoms with Gasteiger partial charge in [-0.2, -0.15) is 8.78 Å². The second-order valence-corrected chi connectivity index (χ2v) is 5.74. The lowest BCUT2D eigenvalue weighted by molar-refractivity contribution is -0.136. The molecule has 23 heavy (non-hydrogen) atoms. The number of halogens is 2. The van der Waals surface area contributed by atoms with E-state index in [4.69, 9.17) is 10.5 Å². The molecule has 1 heterocycles. The molecular weight excluding hydrogens is 306 g/mol. The molecule has 1 aliphatic rings. The van der Waals surface area contributed by atoms with E-state index in [1.54, 1.807) is 12.1 Å². The summed E-state index contributed by atoms with van der Waals surface area (Å²) in [7, 11) is 0. The number of benzene rings is 1. The normalized spacial score (nSPS) is 18.5. The fourth-order valence-corrected chi connectivity index (χ4v) is 2.66. The zero-order valence-electron chi connectivity index (χ0n) is 13.1. The van der Waals surface area contributed by atoms with Crippen LogP contribution in [0.2, 0.25) is 0 Å². The monoisotopic (exact) mass is 328 g/mol. The van der Waals surface area contributed by atoms with Crippen molar-refractivity contribution < 1.29 is 23.0 Å². The summed E-state index contributed by atoms with van der Waals surface area (Å²) in [6.07, 6.45) is 1.20. The SMILES string of the molecule is CC(NC(=O)C1(CN)CCOCC1)c1ccc(OC(F)F)cc1. The maximum absolute atomic E-state index is 12.6. The van der Waals surface area contributed by atoms with E-state index in [-0.39, 0.29) is 24.2 Å². The Morgan fingerprint density at radius 1 is 1.35 bits per heavy atom. The minimum absolute atomic E-state index is 0.0881. The number of alkyl halides is 2. The van der Waals surface area contributed by atoms with Crippen molar-refractivity contribution >= 4 is 5.91 Å². The zero-order chi connectivity index (χ0) is 16.9. The first-order chi connectivity index (χ1) is 11.0. The molecule has 1 fully saturated rings. The molecule has 1 unspecified atom stereocenters. The first-order valence-electron chi connectivity index (χ1n) is 7.60. The number of ether oxygens (including phenoxy) is 2. The van der Waals surface area contributed by atoms with Crippen molar-refractivity contribution in [1.82, 2.24) is 5.32 Å². The van der Waals surface area contributed by atoms with Gasteiger partial charge in [-0.3, -0.25) is 4.79 Å². The van der Waals surface area contributed by atoms with Crippen LogP contribution in [0.15, 0.2) is 24.3 Å². The summed E-state index contributed by atoms with van der Waals surface area (Å²) < 4.78 is 33.9. The predicted molar refractivity (Wildman–Crippen MR) is 81.2 cm³/mol. The van der Waals surface area contributed by atoms with Crippen LogP contribution in [0.4, 0.5) is 8.78 Å². The average Bonchev–Trinajstić information content (AvgIpc) is 2.55. The summed E-state index contributed by atoms with van der Waals surface area (Å²) in [5.41, 5.74) is 6.03. The topological polar surface area (TPSA) is 73.6 Å². The molecule has 7 heteroatoms. The Labute approximate surface area is 134 Å². The molecule has 128 valence electrons. The molecule has 1 aromatic rings. The van der Waals surface area contributed by atoms with Crippen LogP contribution in [0.25, 0.3) is 0 Å². The quantitative estimate of drug-likeness (QED) is 0.840. The first kappa shape index (κ1) is 17.6. The van der Waals surface area contributed by atoms with Gasteiger partial charge in [0, 0.05) is 19.8 Å². The number of amides is 1. The molecule has 0 spiro atoms. The second-order valence-electron chi connectivity index (χ2n) is 5.74. The molecule has 1 atom stereocenters. The van der Waals surface area contributed by atoms with Gasteiger partial charge >= 0.3 is 6.61 Å². The first-order valence-corrected chi connectivity index (χ1v) is 7.60. The highest BCUT2D eigenvalue weighted by atomic mass is 19.3. The Morgan fingerprint density at radius 2 is 1.96 bits per heavy atom. The molecule has 1 aromatic carbocycles. The van der Waals surface area contributed by atoms with E-state index in [0.717, 1.165) is 5.56 Å². The molecule has 0 aliphatic carbocycles. The Kier molecular flexibility index (Phi) is 5.90. The number of carbonyl (C=O) groups is 1. The number of nitrogens with two attached hydrogens (primary N) is 1. The second kappa shape index (κ2) is 7.70. The Bertz CT molecular complexity index is 517. The van der Waals surface area contributed by atoms with E-state index in [0.29, 0.717) is 26.1 Å². The summed E-state index contributed by atoms with van der Waals surface area (Å²) >= 11 is 0. The molecule has 0 bridgehead atoms. The summed E-state index contributed by atoms with van der Waals surface area (Å²) in [5, 5.41) is 2.95. The van der Waals surface area contributed by atoms with Gasteiger partial charge in [0.2, 0.25) is 5.91 Å². The minimum atomic E-state index is -2.85. The van der Waals surface area contributed by atoms with Crippen LogP contribution in [0, 0.1) is 5.41 Å². The number of hydrogen-bond donors (Lipinski definition) is 2. The lowest BCUT2D eigenvalue weighted by Gasteiger charge is -2.35. The molecule has 5 nitrogen and oxygen atoms in total. The minimum Gasteiger partial charge on any atom is -0.435 e. The highest BCUT2D eigenvalue weighted by Crippen LogP contribution is 2.30. The van der Waals surface area contributed by atoms with Crippen molar-refractivity contribution in [2.24, 2.45) is 11.1 Å². The molecule has 1 saturated heterocycles. The third-order valence-electron chi connectivity index (χ3n) is 4.28. The van der Waals surface area contributed by atoms with Gasteiger partial charge in [0.15, 0.2) is 0 Å². The van der Waals surface area contributed by atoms with Crippen molar-refractivity contribution in [2.45, 2.75) is 32.4 Å². The molecule has 0 saturated carbocycles. The van der Waals surface area contributed by atoms with Gasteiger partial charge in [0.25, 0.3) is 0 Å². The molecule has 1 aliphatic heterocycles. The highest BCUT2D eigenvalue weighted by Gasteiger charge is 2.39. The number of hydrogen-bond acceptors (Lipinski definition) is 4. The largest absolute Gasteiger partial charge is 0.435 e. The summed E-state index contributed by atoms with van der Waals surface area (Å²) in [6.45, 7) is 0.314. The molecule has 3 N–H and O–H groups in total. The Hall–Kier alpha value is -1.73. The molecule has 0 radical (unpaired) electrons. The van der Waals surface area contributed by atoms with Crippen LogP contribution in [-0.2, 0) is 9.53 Å². The predicted octanol–water partition coefficient (Wildman–Crippen LogP) is 2.22. The number of nitrogens with one attached hydrogen (secondary N) is 1. The van der Waals surface area contributed by atoms with E-state index in [2.05, 4.69) is 10.1 Å². The van der Waals surface area contributed by atoms with Crippen molar-refractivity contribution in [3.8, 4) is 5.75 Å². The van der Waals surface area contributed by atoms with E-state index in [1.165, 1.54) is 12.1 Å². The van der Waals surface area contributed by atoms with Crippen molar-refractivity contribution in [3.05, 3.63) is 29.8 Å². The van der Waals surface area contributed by atoms with Crippen LogP contribution < -0.4 is 15.8 Å². The van der Waals surface area contributed by atoms with Crippen LogP contribution in [0.5, 0.6) is 5.75 Å². The molecule has 1 amide bonds. The van der Waals surface area contributed by atoms with E-state index in [1.807, 2.05) is 6.92 Å². The molecule has 2 rings (SSSR count). The smallest absolute Gasteiger partial charge is 0.387 e. The third-order valence-corrected chi connectivity index (χ3v) is 4.28. The highest BCUT2D eigenvalue weighted by molar-refractivity contribution is 5.83. The van der Waals surface area contributed by atoms with Crippen LogP contribution in [0.1, 0.15) is 31.4 Å². The third kappa shape index (κ3) is 4.39.